The van der Waals surface area contributed by atoms with Crippen molar-refractivity contribution in [1.29, 1.82) is 0 Å². The van der Waals surface area contributed by atoms with Gasteiger partial charge in [0.2, 0.25) is 0 Å². The highest BCUT2D eigenvalue weighted by molar-refractivity contribution is 6.31. The summed E-state index contributed by atoms with van der Waals surface area (Å²) in [6.45, 7) is 2.83. The second-order valence-corrected chi connectivity index (χ2v) is 5.30. The first-order valence-electron chi connectivity index (χ1n) is 6.62. The molecule has 1 heterocycles. The zero-order valence-electron chi connectivity index (χ0n) is 11.6. The highest BCUT2D eigenvalue weighted by Gasteiger charge is 2.38. The Kier molecular flexibility index (Phi) is 4.69. The van der Waals surface area contributed by atoms with Gasteiger partial charge in [-0.2, -0.15) is 0 Å². The van der Waals surface area contributed by atoms with Crippen molar-refractivity contribution in [2.75, 3.05) is 24.7 Å². The summed E-state index contributed by atoms with van der Waals surface area (Å²) in [5.74, 6) is -2.14. The molecule has 1 aliphatic heterocycles. The van der Waals surface area contributed by atoms with Crippen molar-refractivity contribution in [3.8, 4) is 0 Å². The number of carboxylic acid groups (broad SMARTS) is 1. The molecule has 114 valence electrons. The molecule has 1 amide bonds. The number of primary amides is 1. The number of hydrogen-bond acceptors (Lipinski definition) is 4. The lowest BCUT2D eigenvalue weighted by molar-refractivity contribution is -0.141. The molecule has 2 atom stereocenters. The fourth-order valence-electron chi connectivity index (χ4n) is 2.62. The van der Waals surface area contributed by atoms with Crippen LogP contribution < -0.4 is 10.6 Å². The summed E-state index contributed by atoms with van der Waals surface area (Å²) in [4.78, 5) is 24.7. The lowest BCUT2D eigenvalue weighted by Gasteiger charge is -2.32. The van der Waals surface area contributed by atoms with Crippen LogP contribution in [0, 0.1) is 5.92 Å². The van der Waals surface area contributed by atoms with Crippen LogP contribution in [0.15, 0.2) is 18.2 Å². The van der Waals surface area contributed by atoms with Crippen LogP contribution in [0.1, 0.15) is 17.3 Å². The molecule has 1 fully saturated rings. The molecule has 0 aromatic heterocycles. The van der Waals surface area contributed by atoms with Gasteiger partial charge in [0.25, 0.3) is 5.91 Å². The van der Waals surface area contributed by atoms with E-state index in [-0.39, 0.29) is 19.3 Å². The van der Waals surface area contributed by atoms with Crippen LogP contribution in [-0.4, -0.2) is 42.8 Å². The molecule has 0 bridgehead atoms. The largest absolute Gasteiger partial charge is 0.481 e. The Morgan fingerprint density at radius 3 is 2.76 bits per heavy atom. The number of aliphatic carboxylic acids is 1. The fraction of sp³-hybridized carbons (Fsp3) is 0.429. The maximum Gasteiger partial charge on any atom is 0.311 e. The van der Waals surface area contributed by atoms with Gasteiger partial charge in [0.15, 0.2) is 0 Å². The number of nitrogens with two attached hydrogens (primary N) is 1. The van der Waals surface area contributed by atoms with Gasteiger partial charge in [-0.1, -0.05) is 11.6 Å². The number of nitrogens with zero attached hydrogens (tertiary/aromatic N) is 1. The number of anilines is 1. The second kappa shape index (κ2) is 6.32. The van der Waals surface area contributed by atoms with Crippen LogP contribution in [0.4, 0.5) is 5.69 Å². The Labute approximate surface area is 127 Å². The van der Waals surface area contributed by atoms with Crippen molar-refractivity contribution in [1.82, 2.24) is 0 Å². The number of carboxylic acids is 1. The van der Waals surface area contributed by atoms with E-state index in [0.29, 0.717) is 22.8 Å². The SMILES string of the molecule is CCN(c1cc(Cl)ccc1C(N)=O)C1COCC1C(=O)O. The Bertz CT molecular complexity index is 564. The molecule has 0 aliphatic carbocycles. The third-order valence-electron chi connectivity index (χ3n) is 3.64. The first-order chi connectivity index (χ1) is 9.95. The summed E-state index contributed by atoms with van der Waals surface area (Å²) in [5, 5.41) is 9.74. The molecule has 1 saturated heterocycles. The van der Waals surface area contributed by atoms with E-state index < -0.39 is 17.8 Å². The highest BCUT2D eigenvalue weighted by atomic mass is 35.5. The lowest BCUT2D eigenvalue weighted by Crippen LogP contribution is -2.44. The van der Waals surface area contributed by atoms with Gasteiger partial charge in [0.05, 0.1) is 30.5 Å². The number of likely N-dealkylation sites (N-methyl/N-ethyl adjacent to an activating group) is 1. The van der Waals surface area contributed by atoms with Crippen molar-refractivity contribution < 1.29 is 19.4 Å². The lowest BCUT2D eigenvalue weighted by atomic mass is 10.0. The Morgan fingerprint density at radius 2 is 2.19 bits per heavy atom. The summed E-state index contributed by atoms with van der Waals surface area (Å²) < 4.78 is 5.29. The van der Waals surface area contributed by atoms with E-state index in [4.69, 9.17) is 22.1 Å². The normalized spacial score (nSPS) is 21.2. The monoisotopic (exact) mass is 312 g/mol. The molecule has 2 unspecified atom stereocenters. The number of rotatable bonds is 5. The van der Waals surface area contributed by atoms with Gasteiger partial charge in [-0.3, -0.25) is 9.59 Å². The second-order valence-electron chi connectivity index (χ2n) is 4.86. The average Bonchev–Trinajstić information content (AvgIpc) is 2.89. The van der Waals surface area contributed by atoms with Crippen molar-refractivity contribution in [3.05, 3.63) is 28.8 Å². The molecule has 1 aromatic carbocycles. The number of carbonyl (C=O) groups excluding carboxylic acids is 1. The Hall–Kier alpha value is -1.79. The van der Waals surface area contributed by atoms with E-state index in [9.17, 15) is 14.7 Å². The van der Waals surface area contributed by atoms with Crippen molar-refractivity contribution >= 4 is 29.2 Å². The molecule has 0 radical (unpaired) electrons. The Morgan fingerprint density at radius 1 is 1.48 bits per heavy atom. The number of amides is 1. The van der Waals surface area contributed by atoms with Gasteiger partial charge in [-0.25, -0.2) is 0 Å². The molecule has 1 aromatic rings. The molecule has 1 aliphatic rings. The summed E-state index contributed by atoms with van der Waals surface area (Å²) in [7, 11) is 0. The smallest absolute Gasteiger partial charge is 0.311 e. The molecule has 21 heavy (non-hydrogen) atoms. The first-order valence-corrected chi connectivity index (χ1v) is 7.00. The van der Waals surface area contributed by atoms with Gasteiger partial charge in [0.1, 0.15) is 5.92 Å². The highest BCUT2D eigenvalue weighted by Crippen LogP contribution is 2.30. The molecular formula is C14H17ClN2O4. The van der Waals surface area contributed by atoms with Gasteiger partial charge >= 0.3 is 5.97 Å². The summed E-state index contributed by atoms with van der Waals surface area (Å²) in [6, 6.07) is 4.40. The summed E-state index contributed by atoms with van der Waals surface area (Å²) >= 11 is 6.00. The molecule has 0 spiro atoms. The predicted molar refractivity (Wildman–Crippen MR) is 78.7 cm³/mol. The van der Waals surface area contributed by atoms with Crippen LogP contribution in [0.2, 0.25) is 5.02 Å². The quantitative estimate of drug-likeness (QED) is 0.856. The van der Waals surface area contributed by atoms with Crippen molar-refractivity contribution in [3.63, 3.8) is 0 Å². The third-order valence-corrected chi connectivity index (χ3v) is 3.88. The Balaban J connectivity index is 2.44. The molecule has 0 saturated carbocycles. The van der Waals surface area contributed by atoms with E-state index in [1.807, 2.05) is 11.8 Å². The van der Waals surface area contributed by atoms with Crippen molar-refractivity contribution in [2.24, 2.45) is 11.7 Å². The number of hydrogen-bond donors (Lipinski definition) is 2. The van der Waals surface area contributed by atoms with E-state index in [0.717, 1.165) is 0 Å². The van der Waals surface area contributed by atoms with Gasteiger partial charge in [0, 0.05) is 11.6 Å². The molecular weight excluding hydrogens is 296 g/mol. The van der Waals surface area contributed by atoms with Crippen molar-refractivity contribution in [2.45, 2.75) is 13.0 Å². The van der Waals surface area contributed by atoms with Gasteiger partial charge < -0.3 is 20.5 Å². The number of ether oxygens (including phenoxy) is 1. The van der Waals surface area contributed by atoms with Crippen LogP contribution in [-0.2, 0) is 9.53 Å². The van der Waals surface area contributed by atoms with Crippen LogP contribution in [0.3, 0.4) is 0 Å². The van der Waals surface area contributed by atoms with Crippen LogP contribution >= 0.6 is 11.6 Å². The average molecular weight is 313 g/mol. The van der Waals surface area contributed by atoms with E-state index in [1.165, 1.54) is 0 Å². The number of benzene rings is 1. The molecule has 2 rings (SSSR count). The third kappa shape index (κ3) is 3.11. The first kappa shape index (κ1) is 15.6. The summed E-state index contributed by atoms with van der Waals surface area (Å²) in [5.41, 5.74) is 6.25. The van der Waals surface area contributed by atoms with E-state index in [1.54, 1.807) is 18.2 Å². The molecule has 6 nitrogen and oxygen atoms in total. The predicted octanol–water partition coefficient (Wildman–Crippen LogP) is 1.36. The van der Waals surface area contributed by atoms with E-state index >= 15 is 0 Å². The molecule has 3 N–H and O–H groups in total. The minimum absolute atomic E-state index is 0.156. The molecule has 7 heteroatoms. The zero-order valence-corrected chi connectivity index (χ0v) is 12.3. The maximum atomic E-state index is 11.6. The number of halogens is 1. The maximum absolute atomic E-state index is 11.6. The standard InChI is InChI=1S/C14H17ClN2O4/c1-2-17(12-7-21-6-10(12)14(19)20)11-5-8(15)3-4-9(11)13(16)18/h3-5,10,12H,2,6-7H2,1H3,(H2,16,18)(H,19,20). The van der Waals surface area contributed by atoms with Crippen LogP contribution in [0.5, 0.6) is 0 Å². The van der Waals surface area contributed by atoms with E-state index in [2.05, 4.69) is 0 Å². The van der Waals surface area contributed by atoms with Gasteiger partial charge in [-0.05, 0) is 25.1 Å². The summed E-state index contributed by atoms with van der Waals surface area (Å²) in [6.07, 6.45) is 0. The number of carbonyl (C=O) groups is 2. The minimum atomic E-state index is -0.918. The van der Waals surface area contributed by atoms with Crippen LogP contribution in [0.25, 0.3) is 0 Å². The van der Waals surface area contributed by atoms with Gasteiger partial charge in [-0.15, -0.1) is 0 Å². The topological polar surface area (TPSA) is 92.9 Å². The zero-order chi connectivity index (χ0) is 15.6. The fourth-order valence-corrected chi connectivity index (χ4v) is 2.79. The minimum Gasteiger partial charge on any atom is -0.481 e.